The van der Waals surface area contributed by atoms with Crippen LogP contribution in [0.2, 0.25) is 0 Å². The topological polar surface area (TPSA) is 68.5 Å². The molecule has 110 valence electrons. The molecular formula is C15H23N3O2. The van der Waals surface area contributed by atoms with E-state index in [1.165, 1.54) is 12.8 Å². The van der Waals surface area contributed by atoms with Crippen molar-refractivity contribution < 1.29 is 9.53 Å². The highest BCUT2D eigenvalue weighted by Gasteiger charge is 2.31. The number of nitrogen functional groups attached to an aromatic ring is 1. The smallest absolute Gasteiger partial charge is 0.340 e. The van der Waals surface area contributed by atoms with Crippen molar-refractivity contribution in [1.82, 2.24) is 4.98 Å². The van der Waals surface area contributed by atoms with Gasteiger partial charge in [-0.1, -0.05) is 13.8 Å². The maximum Gasteiger partial charge on any atom is 0.340 e. The summed E-state index contributed by atoms with van der Waals surface area (Å²) in [6.45, 7) is 7.42. The van der Waals surface area contributed by atoms with Crippen LogP contribution < -0.4 is 10.6 Å². The van der Waals surface area contributed by atoms with Crippen LogP contribution in [0.25, 0.3) is 0 Å². The Morgan fingerprint density at radius 1 is 1.55 bits per heavy atom. The van der Waals surface area contributed by atoms with Crippen LogP contribution in [0.3, 0.4) is 0 Å². The van der Waals surface area contributed by atoms with Gasteiger partial charge in [0.1, 0.15) is 5.82 Å². The molecule has 20 heavy (non-hydrogen) atoms. The fraction of sp³-hybridized carbons (Fsp3) is 0.600. The monoisotopic (exact) mass is 277 g/mol. The van der Waals surface area contributed by atoms with Crippen LogP contribution in [0.5, 0.6) is 0 Å². The summed E-state index contributed by atoms with van der Waals surface area (Å²) in [6.07, 6.45) is 3.93. The number of pyridine rings is 1. The summed E-state index contributed by atoms with van der Waals surface area (Å²) in [6, 6.07) is 2.30. The van der Waals surface area contributed by atoms with Crippen LogP contribution in [0.4, 0.5) is 11.5 Å². The molecule has 0 unspecified atom stereocenters. The van der Waals surface area contributed by atoms with Crippen LogP contribution in [0, 0.1) is 5.92 Å². The lowest BCUT2D eigenvalue weighted by Gasteiger charge is -2.26. The molecule has 1 saturated carbocycles. The highest BCUT2D eigenvalue weighted by atomic mass is 16.5. The van der Waals surface area contributed by atoms with Crippen molar-refractivity contribution in [1.29, 1.82) is 0 Å². The number of ether oxygens (including phenoxy) is 1. The molecule has 0 aliphatic heterocycles. The fourth-order valence-corrected chi connectivity index (χ4v) is 2.21. The Morgan fingerprint density at radius 2 is 2.25 bits per heavy atom. The van der Waals surface area contributed by atoms with Gasteiger partial charge in [-0.05, 0) is 31.7 Å². The van der Waals surface area contributed by atoms with E-state index in [9.17, 15) is 4.79 Å². The zero-order valence-corrected chi connectivity index (χ0v) is 12.4. The molecule has 2 N–H and O–H groups in total. The van der Waals surface area contributed by atoms with Crippen LogP contribution in [0.15, 0.2) is 12.3 Å². The summed E-state index contributed by atoms with van der Waals surface area (Å²) in [5.41, 5.74) is 6.61. The number of aromatic nitrogens is 1. The molecule has 1 fully saturated rings. The lowest BCUT2D eigenvalue weighted by atomic mass is 10.2. The Balaban J connectivity index is 2.26. The zero-order chi connectivity index (χ0) is 14.7. The van der Waals surface area contributed by atoms with Gasteiger partial charge < -0.3 is 15.4 Å². The maximum atomic E-state index is 11.9. The minimum Gasteiger partial charge on any atom is -0.462 e. The number of nitrogens with two attached hydrogens (primary N) is 1. The second kappa shape index (κ2) is 6.11. The van der Waals surface area contributed by atoms with Crippen LogP contribution in [0.1, 0.15) is 44.0 Å². The third-order valence-corrected chi connectivity index (χ3v) is 3.26. The Bertz CT molecular complexity index is 484. The first-order valence-electron chi connectivity index (χ1n) is 7.22. The molecule has 0 spiro atoms. The summed E-state index contributed by atoms with van der Waals surface area (Å²) < 4.78 is 5.04. The second-order valence-corrected chi connectivity index (χ2v) is 5.63. The first-order valence-corrected chi connectivity index (χ1v) is 7.22. The van der Waals surface area contributed by atoms with E-state index in [0.29, 0.717) is 29.8 Å². The number of esters is 1. The van der Waals surface area contributed by atoms with Gasteiger partial charge in [-0.2, -0.15) is 0 Å². The predicted molar refractivity (Wildman–Crippen MR) is 79.8 cm³/mol. The van der Waals surface area contributed by atoms with E-state index in [1.54, 1.807) is 19.2 Å². The van der Waals surface area contributed by atoms with Gasteiger partial charge in [-0.3, -0.25) is 0 Å². The van der Waals surface area contributed by atoms with E-state index in [4.69, 9.17) is 10.5 Å². The molecule has 0 amide bonds. The third-order valence-electron chi connectivity index (χ3n) is 3.26. The lowest BCUT2D eigenvalue weighted by Crippen LogP contribution is -2.31. The Kier molecular flexibility index (Phi) is 4.47. The minimum absolute atomic E-state index is 0.342. The minimum atomic E-state index is -0.381. The lowest BCUT2D eigenvalue weighted by molar-refractivity contribution is 0.0527. The van der Waals surface area contributed by atoms with E-state index in [1.807, 2.05) is 0 Å². The quantitative estimate of drug-likeness (QED) is 0.809. The summed E-state index contributed by atoms with van der Waals surface area (Å²) in [4.78, 5) is 18.6. The Morgan fingerprint density at radius 3 is 2.80 bits per heavy atom. The second-order valence-electron chi connectivity index (χ2n) is 5.63. The van der Waals surface area contributed by atoms with Crippen molar-refractivity contribution in [3.63, 3.8) is 0 Å². The molecule has 5 nitrogen and oxygen atoms in total. The predicted octanol–water partition coefficient (Wildman–Crippen LogP) is 2.47. The molecule has 1 aliphatic rings. The number of carbonyl (C=O) groups is 1. The van der Waals surface area contributed by atoms with Gasteiger partial charge in [0.25, 0.3) is 0 Å². The van der Waals surface area contributed by atoms with E-state index >= 15 is 0 Å². The van der Waals surface area contributed by atoms with E-state index in [2.05, 4.69) is 23.7 Å². The number of carbonyl (C=O) groups excluding carboxylic acids is 1. The fourth-order valence-electron chi connectivity index (χ4n) is 2.21. The number of anilines is 2. The van der Waals surface area contributed by atoms with Crippen LogP contribution in [-0.4, -0.2) is 30.1 Å². The molecule has 1 aromatic heterocycles. The normalized spacial score (nSPS) is 14.4. The Labute approximate surface area is 120 Å². The number of rotatable bonds is 6. The first-order chi connectivity index (χ1) is 9.52. The van der Waals surface area contributed by atoms with E-state index in [0.717, 1.165) is 12.4 Å². The standard InChI is InChI=1S/C15H23N3O2/c1-4-20-15(19)12-7-14(17-8-13(12)16)18(9-10(2)3)11-5-6-11/h7-8,10-11H,4-6,9,16H2,1-3H3. The van der Waals surface area contributed by atoms with Gasteiger partial charge in [0.2, 0.25) is 0 Å². The van der Waals surface area contributed by atoms with Gasteiger partial charge in [0.05, 0.1) is 24.1 Å². The summed E-state index contributed by atoms with van der Waals surface area (Å²) >= 11 is 0. The third kappa shape index (κ3) is 3.40. The van der Waals surface area contributed by atoms with Crippen molar-refractivity contribution in [3.8, 4) is 0 Å². The van der Waals surface area contributed by atoms with Crippen molar-refractivity contribution in [2.24, 2.45) is 5.92 Å². The number of hydrogen-bond donors (Lipinski definition) is 1. The molecule has 1 aliphatic carbocycles. The van der Waals surface area contributed by atoms with Gasteiger partial charge in [-0.25, -0.2) is 9.78 Å². The van der Waals surface area contributed by atoms with E-state index < -0.39 is 0 Å². The largest absolute Gasteiger partial charge is 0.462 e. The van der Waals surface area contributed by atoms with Gasteiger partial charge in [0, 0.05) is 12.6 Å². The first kappa shape index (κ1) is 14.6. The molecular weight excluding hydrogens is 254 g/mol. The molecule has 0 radical (unpaired) electrons. The Hall–Kier alpha value is -1.78. The van der Waals surface area contributed by atoms with Crippen molar-refractivity contribution >= 4 is 17.5 Å². The molecule has 0 saturated heterocycles. The summed E-state index contributed by atoms with van der Waals surface area (Å²) in [5.74, 6) is 0.980. The zero-order valence-electron chi connectivity index (χ0n) is 12.4. The number of hydrogen-bond acceptors (Lipinski definition) is 5. The summed E-state index contributed by atoms with van der Waals surface area (Å²) in [5, 5.41) is 0. The number of nitrogens with zero attached hydrogens (tertiary/aromatic N) is 2. The SMILES string of the molecule is CCOC(=O)c1cc(N(CC(C)C)C2CC2)ncc1N. The maximum absolute atomic E-state index is 11.9. The molecule has 0 bridgehead atoms. The molecule has 0 atom stereocenters. The molecule has 1 aromatic rings. The van der Waals surface area contributed by atoms with Gasteiger partial charge in [-0.15, -0.1) is 0 Å². The van der Waals surface area contributed by atoms with Gasteiger partial charge in [0.15, 0.2) is 0 Å². The summed E-state index contributed by atoms with van der Waals surface area (Å²) in [7, 11) is 0. The highest BCUT2D eigenvalue weighted by molar-refractivity contribution is 5.95. The average molecular weight is 277 g/mol. The average Bonchev–Trinajstić information content (AvgIpc) is 3.21. The molecule has 1 heterocycles. The molecule has 2 rings (SSSR count). The molecule has 0 aromatic carbocycles. The molecule has 5 heteroatoms. The van der Waals surface area contributed by atoms with Crippen LogP contribution in [-0.2, 0) is 4.74 Å². The van der Waals surface area contributed by atoms with E-state index in [-0.39, 0.29) is 5.97 Å². The van der Waals surface area contributed by atoms with Crippen molar-refractivity contribution in [2.75, 3.05) is 23.8 Å². The van der Waals surface area contributed by atoms with Crippen molar-refractivity contribution in [2.45, 2.75) is 39.7 Å². The van der Waals surface area contributed by atoms with Crippen LogP contribution >= 0.6 is 0 Å². The van der Waals surface area contributed by atoms with Crippen molar-refractivity contribution in [3.05, 3.63) is 17.8 Å². The van der Waals surface area contributed by atoms with Gasteiger partial charge >= 0.3 is 5.97 Å². The highest BCUT2D eigenvalue weighted by Crippen LogP contribution is 2.32.